The molecule has 0 bridgehead atoms. The van der Waals surface area contributed by atoms with Gasteiger partial charge >= 0.3 is 12.1 Å². The number of hydrogen-bond acceptors (Lipinski definition) is 5. The molecule has 0 heterocycles. The van der Waals surface area contributed by atoms with Gasteiger partial charge in [0.25, 0.3) is 0 Å². The van der Waals surface area contributed by atoms with E-state index in [0.29, 0.717) is 0 Å². The van der Waals surface area contributed by atoms with Crippen molar-refractivity contribution >= 4 is 33.7 Å². The first-order valence-electron chi connectivity index (χ1n) is 8.11. The number of aliphatic carboxylic acids is 1. The average Bonchev–Trinajstić information content (AvgIpc) is 2.97. The Morgan fingerprint density at radius 2 is 1.69 bits per heavy atom. The van der Waals surface area contributed by atoms with Crippen molar-refractivity contribution in [2.24, 2.45) is 0 Å². The molecule has 5 nitrogen and oxygen atoms in total. The number of nitrogens with one attached hydrogen (secondary N) is 1. The first kappa shape index (κ1) is 18.7. The third-order valence-corrected chi connectivity index (χ3v) is 6.11. The summed E-state index contributed by atoms with van der Waals surface area (Å²) >= 11 is 0. The molecular formula is C19H19NO4S2. The summed E-state index contributed by atoms with van der Waals surface area (Å²) in [6, 6.07) is 15.2. The molecule has 0 aliphatic heterocycles. The minimum Gasteiger partial charge on any atom is -0.480 e. The van der Waals surface area contributed by atoms with Crippen molar-refractivity contribution in [2.45, 2.75) is 12.0 Å². The molecule has 3 rings (SSSR count). The zero-order valence-electron chi connectivity index (χ0n) is 14.2. The van der Waals surface area contributed by atoms with Gasteiger partial charge in [0, 0.05) is 11.7 Å². The monoisotopic (exact) mass is 389 g/mol. The van der Waals surface area contributed by atoms with Crippen LogP contribution >= 0.6 is 21.6 Å². The van der Waals surface area contributed by atoms with Gasteiger partial charge in [0.05, 0.1) is 0 Å². The van der Waals surface area contributed by atoms with Crippen LogP contribution in [0.5, 0.6) is 0 Å². The van der Waals surface area contributed by atoms with Gasteiger partial charge in [-0.05, 0) is 28.5 Å². The lowest BCUT2D eigenvalue weighted by atomic mass is 9.98. The Morgan fingerprint density at radius 1 is 1.12 bits per heavy atom. The van der Waals surface area contributed by atoms with E-state index < -0.39 is 18.1 Å². The first-order valence-corrected chi connectivity index (χ1v) is 10.8. The molecule has 2 N–H and O–H groups in total. The summed E-state index contributed by atoms with van der Waals surface area (Å²) in [5, 5.41) is 11.6. The number of fused-ring (bicyclic) bond motifs is 3. The molecule has 26 heavy (non-hydrogen) atoms. The third kappa shape index (κ3) is 3.99. The highest BCUT2D eigenvalue weighted by atomic mass is 33.1. The Hall–Kier alpha value is -2.12. The lowest BCUT2D eigenvalue weighted by Gasteiger charge is -2.17. The normalized spacial score (nSPS) is 13.6. The van der Waals surface area contributed by atoms with Crippen LogP contribution in [-0.2, 0) is 9.53 Å². The summed E-state index contributed by atoms with van der Waals surface area (Å²) in [7, 11) is 2.83. The quantitative estimate of drug-likeness (QED) is 0.698. The fraction of sp³-hybridized carbons (Fsp3) is 0.263. The number of rotatable bonds is 7. The first-order chi connectivity index (χ1) is 12.6. The van der Waals surface area contributed by atoms with Gasteiger partial charge in [0.1, 0.15) is 12.6 Å². The highest BCUT2D eigenvalue weighted by molar-refractivity contribution is 8.76. The third-order valence-electron chi connectivity index (χ3n) is 4.29. The SMILES string of the molecule is CSSC[C@H](NC(=O)OCC1c2ccccc2-c2ccccc21)C(=O)O. The topological polar surface area (TPSA) is 75.6 Å². The van der Waals surface area contributed by atoms with E-state index in [1.54, 1.807) is 0 Å². The van der Waals surface area contributed by atoms with Crippen LogP contribution in [0, 0.1) is 0 Å². The van der Waals surface area contributed by atoms with Crippen molar-refractivity contribution in [3.8, 4) is 11.1 Å². The van der Waals surface area contributed by atoms with Crippen LogP contribution in [0.4, 0.5) is 4.79 Å². The van der Waals surface area contributed by atoms with Gasteiger partial charge in [-0.2, -0.15) is 0 Å². The summed E-state index contributed by atoms with van der Waals surface area (Å²) in [5.74, 6) is -0.835. The fourth-order valence-corrected chi connectivity index (χ4v) is 4.41. The molecule has 1 aliphatic carbocycles. The van der Waals surface area contributed by atoms with E-state index in [4.69, 9.17) is 4.74 Å². The van der Waals surface area contributed by atoms with Gasteiger partial charge in [-0.15, -0.1) is 0 Å². The molecule has 1 amide bonds. The van der Waals surface area contributed by atoms with Crippen molar-refractivity contribution in [3.05, 3.63) is 59.7 Å². The molecule has 0 saturated heterocycles. The number of carbonyl (C=O) groups is 2. The predicted molar refractivity (Wildman–Crippen MR) is 106 cm³/mol. The van der Waals surface area contributed by atoms with Crippen molar-refractivity contribution in [1.82, 2.24) is 5.32 Å². The van der Waals surface area contributed by atoms with Crippen LogP contribution < -0.4 is 5.32 Å². The average molecular weight is 389 g/mol. The summed E-state index contributed by atoms with van der Waals surface area (Å²) in [6.07, 6.45) is 1.15. The Bertz CT molecular complexity index is 766. The summed E-state index contributed by atoms with van der Waals surface area (Å²) in [5.41, 5.74) is 4.54. The molecule has 136 valence electrons. The Morgan fingerprint density at radius 3 is 2.23 bits per heavy atom. The standard InChI is InChI=1S/C19H19NO4S2/c1-25-26-11-17(18(21)22)20-19(23)24-10-16-14-8-4-2-6-12(14)13-7-3-5-9-15(13)16/h2-9,16-17H,10-11H2,1H3,(H,20,23)(H,21,22)/t17-/m0/s1. The number of carbonyl (C=O) groups excluding carboxylic acids is 1. The second kappa shape index (κ2) is 8.51. The molecule has 1 atom stereocenters. The Labute approximate surface area is 159 Å². The van der Waals surface area contributed by atoms with E-state index >= 15 is 0 Å². The van der Waals surface area contributed by atoms with Crippen molar-refractivity contribution in [3.63, 3.8) is 0 Å². The van der Waals surface area contributed by atoms with Gasteiger partial charge in [-0.1, -0.05) is 70.1 Å². The highest BCUT2D eigenvalue weighted by Crippen LogP contribution is 2.44. The summed E-state index contributed by atoms with van der Waals surface area (Å²) in [4.78, 5) is 23.3. The molecule has 0 radical (unpaired) electrons. The van der Waals surface area contributed by atoms with Crippen LogP contribution in [0.3, 0.4) is 0 Å². The van der Waals surface area contributed by atoms with E-state index in [2.05, 4.69) is 17.4 Å². The van der Waals surface area contributed by atoms with Gasteiger partial charge in [-0.3, -0.25) is 0 Å². The lowest BCUT2D eigenvalue weighted by Crippen LogP contribution is -2.43. The molecule has 0 saturated carbocycles. The van der Waals surface area contributed by atoms with Crippen LogP contribution in [0.2, 0.25) is 0 Å². The summed E-state index contributed by atoms with van der Waals surface area (Å²) < 4.78 is 5.37. The maximum Gasteiger partial charge on any atom is 0.407 e. The van der Waals surface area contributed by atoms with Crippen molar-refractivity contribution in [2.75, 3.05) is 18.6 Å². The minimum atomic E-state index is -1.07. The molecule has 0 fully saturated rings. The van der Waals surface area contributed by atoms with Crippen molar-refractivity contribution in [1.29, 1.82) is 0 Å². The predicted octanol–water partition coefficient (Wildman–Crippen LogP) is 3.99. The second-order valence-electron chi connectivity index (χ2n) is 5.81. The van der Waals surface area contributed by atoms with E-state index in [9.17, 15) is 14.7 Å². The molecule has 2 aromatic carbocycles. The molecule has 0 spiro atoms. The van der Waals surface area contributed by atoms with E-state index in [-0.39, 0.29) is 18.3 Å². The lowest BCUT2D eigenvalue weighted by molar-refractivity contribution is -0.138. The van der Waals surface area contributed by atoms with Gasteiger partial charge < -0.3 is 15.2 Å². The van der Waals surface area contributed by atoms with Crippen LogP contribution in [0.1, 0.15) is 17.0 Å². The van der Waals surface area contributed by atoms with E-state index in [0.717, 1.165) is 22.3 Å². The largest absolute Gasteiger partial charge is 0.480 e. The Balaban J connectivity index is 1.68. The van der Waals surface area contributed by atoms with Crippen LogP contribution in [0.15, 0.2) is 48.5 Å². The van der Waals surface area contributed by atoms with Gasteiger partial charge in [-0.25, -0.2) is 9.59 Å². The number of ether oxygens (including phenoxy) is 1. The zero-order valence-corrected chi connectivity index (χ0v) is 15.8. The van der Waals surface area contributed by atoms with Crippen LogP contribution in [-0.4, -0.2) is 41.8 Å². The number of benzene rings is 2. The zero-order chi connectivity index (χ0) is 18.5. The minimum absolute atomic E-state index is 0.0444. The maximum absolute atomic E-state index is 12.1. The van der Waals surface area contributed by atoms with Crippen molar-refractivity contribution < 1.29 is 19.4 Å². The van der Waals surface area contributed by atoms with Crippen LogP contribution in [0.25, 0.3) is 11.1 Å². The maximum atomic E-state index is 12.1. The number of amides is 1. The summed E-state index contributed by atoms with van der Waals surface area (Å²) in [6.45, 7) is 0.169. The second-order valence-corrected chi connectivity index (χ2v) is 8.42. The van der Waals surface area contributed by atoms with E-state index in [1.165, 1.54) is 21.6 Å². The molecule has 0 aromatic heterocycles. The molecule has 0 unspecified atom stereocenters. The number of alkyl carbamates (subject to hydrolysis) is 1. The number of carboxylic acid groups (broad SMARTS) is 1. The van der Waals surface area contributed by atoms with Gasteiger partial charge in [0.15, 0.2) is 0 Å². The van der Waals surface area contributed by atoms with E-state index in [1.807, 2.05) is 42.7 Å². The molecule has 7 heteroatoms. The molecule has 2 aromatic rings. The van der Waals surface area contributed by atoms with Gasteiger partial charge in [0.2, 0.25) is 0 Å². The Kier molecular flexibility index (Phi) is 6.11. The molecular weight excluding hydrogens is 370 g/mol. The smallest absolute Gasteiger partial charge is 0.407 e. The fourth-order valence-electron chi connectivity index (χ4n) is 3.09. The number of hydrogen-bond donors (Lipinski definition) is 2. The number of carboxylic acids is 1. The highest BCUT2D eigenvalue weighted by Gasteiger charge is 2.29. The molecule has 1 aliphatic rings.